The molecular formula is C34H22N2O5. The Hall–Kier alpha value is -7.18. The van der Waals surface area contributed by atoms with E-state index in [2.05, 4.69) is 94.9 Å². The molecule has 0 saturated carbocycles. The van der Waals surface area contributed by atoms with Crippen molar-refractivity contribution in [2.45, 2.75) is 13.8 Å². The highest BCUT2D eigenvalue weighted by atomic mass is 16.9. The first-order chi connectivity index (χ1) is 19.8. The Kier molecular flexibility index (Phi) is 14.8. The second-order valence-electron chi connectivity index (χ2n) is 6.93. The molecule has 0 radical (unpaired) electrons. The van der Waals surface area contributed by atoms with Gasteiger partial charge in [-0.15, -0.1) is 16.5 Å². The third-order valence-electron chi connectivity index (χ3n) is 4.11. The van der Waals surface area contributed by atoms with Crippen molar-refractivity contribution >= 4 is 11.9 Å². The summed E-state index contributed by atoms with van der Waals surface area (Å²) in [7, 11) is 0. The molecule has 0 saturated heterocycles. The molecule has 0 fully saturated rings. The molecule has 1 N–H and O–H groups in total. The number of ether oxygens (including phenoxy) is 1. The van der Waals surface area contributed by atoms with Crippen LogP contribution in [0.15, 0.2) is 48.2 Å². The lowest BCUT2D eigenvalue weighted by Gasteiger charge is -1.99. The van der Waals surface area contributed by atoms with Crippen LogP contribution in [0.3, 0.4) is 0 Å². The normalized spacial score (nSPS) is 9.37. The standard InChI is InChI=1S/C17H11NO2.C17H4.HNO3.3H2/c1-11-2-7-14-15(8-11)20-16(17(14)19)9-12-3-5-13(10-18)6-4-12;1-3-5-7-9-11-13-15-17-16-14-12-10-8-6-4-2;2-1(3)4;;;/h2-9H,1H3;1H,2H3;(H,2,3,4);3*1H/b16-9-;;;;;. The molecule has 7 heteroatoms. The minimum atomic E-state index is -1.50. The number of carbonyl (C=O) groups is 1. The summed E-state index contributed by atoms with van der Waals surface area (Å²) in [6.45, 7) is 3.66. The molecule has 198 valence electrons. The van der Waals surface area contributed by atoms with Crippen LogP contribution < -0.4 is 4.74 Å². The monoisotopic (exact) mass is 538 g/mol. The van der Waals surface area contributed by atoms with E-state index in [9.17, 15) is 4.79 Å². The molecule has 0 bridgehead atoms. The molecule has 0 aliphatic carbocycles. The van der Waals surface area contributed by atoms with Crippen LogP contribution in [0.4, 0.5) is 0 Å². The summed E-state index contributed by atoms with van der Waals surface area (Å²) in [5.74, 6) is 37.7. The van der Waals surface area contributed by atoms with Gasteiger partial charge in [-0.05, 0) is 138 Å². The first-order valence-corrected chi connectivity index (χ1v) is 11.1. The van der Waals surface area contributed by atoms with Crippen molar-refractivity contribution in [1.82, 2.24) is 0 Å². The van der Waals surface area contributed by atoms with E-state index in [0.717, 1.165) is 11.1 Å². The van der Waals surface area contributed by atoms with E-state index in [-0.39, 0.29) is 10.1 Å². The highest BCUT2D eigenvalue weighted by Crippen LogP contribution is 2.32. The SMILES string of the molecule is C#CC#CC#CC#CC#CC#CC#CC#CC.Cc1ccc2c(c1)O/C(=C\c1ccc(C#N)cc1)C2=O.O=[N+]([O-])O.[HH].[HH].[HH]. The van der Waals surface area contributed by atoms with E-state index in [1.165, 1.54) is 0 Å². The molecule has 41 heavy (non-hydrogen) atoms. The first kappa shape index (κ1) is 31.8. The Morgan fingerprint density at radius 3 is 1.85 bits per heavy atom. The van der Waals surface area contributed by atoms with Crippen LogP contribution in [0.5, 0.6) is 5.75 Å². The molecule has 0 unspecified atom stereocenters. The number of rotatable bonds is 1. The summed E-state index contributed by atoms with van der Waals surface area (Å²) in [5.41, 5.74) is 3.06. The van der Waals surface area contributed by atoms with Crippen molar-refractivity contribution < 1.29 is 24.1 Å². The van der Waals surface area contributed by atoms with Gasteiger partial charge in [0.05, 0.1) is 17.2 Å². The molecular weight excluding hydrogens is 516 g/mol. The average Bonchev–Trinajstić information content (AvgIpc) is 3.25. The van der Waals surface area contributed by atoms with E-state index in [1.54, 1.807) is 43.3 Å². The van der Waals surface area contributed by atoms with Crippen LogP contribution in [0, 0.1) is 124 Å². The summed E-state index contributed by atoms with van der Waals surface area (Å²) in [6.07, 6.45) is 6.58. The van der Waals surface area contributed by atoms with E-state index < -0.39 is 5.09 Å². The van der Waals surface area contributed by atoms with Gasteiger partial charge in [0.15, 0.2) is 5.76 Å². The third-order valence-corrected chi connectivity index (χ3v) is 4.11. The van der Waals surface area contributed by atoms with Crippen LogP contribution in [0.1, 0.15) is 38.3 Å². The lowest BCUT2D eigenvalue weighted by Crippen LogP contribution is -1.97. The fraction of sp³-hybridized carbons (Fsp3) is 0.0588. The summed E-state index contributed by atoms with van der Waals surface area (Å²) < 4.78 is 5.61. The topological polar surface area (TPSA) is 113 Å². The quantitative estimate of drug-likeness (QED) is 0.247. The third kappa shape index (κ3) is 13.6. The number of fused-ring (bicyclic) bond motifs is 1. The smallest absolute Gasteiger partial charge is 0.291 e. The maximum Gasteiger partial charge on any atom is 0.291 e. The maximum atomic E-state index is 12.2. The Balaban J connectivity index is -0.000000650. The van der Waals surface area contributed by atoms with Crippen LogP contribution >= 0.6 is 0 Å². The zero-order chi connectivity index (χ0) is 30.3. The fourth-order valence-electron chi connectivity index (χ4n) is 2.54. The zero-order valence-corrected chi connectivity index (χ0v) is 21.7. The fourth-order valence-corrected chi connectivity index (χ4v) is 2.54. The molecule has 1 heterocycles. The number of nitrogens with zero attached hydrogens (tertiary/aromatic N) is 2. The second-order valence-corrected chi connectivity index (χ2v) is 6.93. The molecule has 0 amide bonds. The Labute approximate surface area is 242 Å². The number of terminal acetylenes is 1. The predicted molar refractivity (Wildman–Crippen MR) is 159 cm³/mol. The number of hydrogen-bond acceptors (Lipinski definition) is 5. The molecule has 2 aromatic rings. The Bertz CT molecular complexity index is 1900. The Morgan fingerprint density at radius 1 is 0.902 bits per heavy atom. The largest absolute Gasteiger partial charge is 0.452 e. The van der Waals surface area contributed by atoms with E-state index in [1.807, 2.05) is 19.1 Å². The lowest BCUT2D eigenvalue weighted by atomic mass is 10.1. The number of Topliss-reactive ketones (excluding diaryl/α,β-unsaturated/α-hetero) is 1. The summed E-state index contributed by atoms with van der Waals surface area (Å²) in [5, 5.41) is 22.4. The molecule has 0 aromatic heterocycles. The highest BCUT2D eigenvalue weighted by molar-refractivity contribution is 6.14. The van der Waals surface area contributed by atoms with Gasteiger partial charge in [-0.25, -0.2) is 0 Å². The van der Waals surface area contributed by atoms with Crippen LogP contribution in [0.25, 0.3) is 6.08 Å². The minimum absolute atomic E-state index is 0. The van der Waals surface area contributed by atoms with Crippen LogP contribution in [-0.2, 0) is 0 Å². The highest BCUT2D eigenvalue weighted by Gasteiger charge is 2.26. The Morgan fingerprint density at radius 2 is 1.39 bits per heavy atom. The maximum absolute atomic E-state index is 12.2. The van der Waals surface area contributed by atoms with Gasteiger partial charge in [0.1, 0.15) is 5.75 Å². The minimum Gasteiger partial charge on any atom is -0.452 e. The van der Waals surface area contributed by atoms with Gasteiger partial charge in [-0.1, -0.05) is 24.1 Å². The number of carbonyl (C=O) groups excluding carboxylic acids is 1. The van der Waals surface area contributed by atoms with Crippen LogP contribution in [-0.4, -0.2) is 16.1 Å². The molecule has 3 rings (SSSR count). The summed E-state index contributed by atoms with van der Waals surface area (Å²) in [4.78, 5) is 20.6. The van der Waals surface area contributed by atoms with Gasteiger partial charge in [0.25, 0.3) is 5.09 Å². The molecule has 2 aromatic carbocycles. The second kappa shape index (κ2) is 19.0. The summed E-state index contributed by atoms with van der Waals surface area (Å²) >= 11 is 0. The van der Waals surface area contributed by atoms with Crippen molar-refractivity contribution in [1.29, 1.82) is 5.26 Å². The van der Waals surface area contributed by atoms with Gasteiger partial charge < -0.3 is 9.94 Å². The van der Waals surface area contributed by atoms with Gasteiger partial charge in [0, 0.05) is 4.28 Å². The van der Waals surface area contributed by atoms with Crippen molar-refractivity contribution in [3.8, 4) is 107 Å². The number of ketones is 1. The van der Waals surface area contributed by atoms with Gasteiger partial charge >= 0.3 is 0 Å². The zero-order valence-electron chi connectivity index (χ0n) is 21.7. The molecule has 7 nitrogen and oxygen atoms in total. The number of aryl methyl sites for hydroxylation is 1. The van der Waals surface area contributed by atoms with E-state index in [4.69, 9.17) is 31.7 Å². The van der Waals surface area contributed by atoms with Gasteiger partial charge in [-0.2, -0.15) is 5.26 Å². The van der Waals surface area contributed by atoms with Crippen molar-refractivity contribution in [3.05, 3.63) is 80.6 Å². The number of allylic oxidation sites excluding steroid dienone is 1. The number of nitriles is 1. The van der Waals surface area contributed by atoms with Crippen LogP contribution in [0.2, 0.25) is 0 Å². The first-order valence-electron chi connectivity index (χ1n) is 11.1. The number of hydrogen-bond donors (Lipinski definition) is 1. The van der Waals surface area contributed by atoms with Gasteiger partial charge in [-0.3, -0.25) is 4.79 Å². The molecule has 0 atom stereocenters. The van der Waals surface area contributed by atoms with Crippen molar-refractivity contribution in [3.63, 3.8) is 0 Å². The summed E-state index contributed by atoms with van der Waals surface area (Å²) in [6, 6.07) is 14.6. The van der Waals surface area contributed by atoms with Crippen molar-refractivity contribution in [2.24, 2.45) is 0 Å². The van der Waals surface area contributed by atoms with Crippen molar-refractivity contribution in [2.75, 3.05) is 0 Å². The predicted octanol–water partition coefficient (Wildman–Crippen LogP) is 4.54. The molecule has 0 spiro atoms. The van der Waals surface area contributed by atoms with E-state index in [0.29, 0.717) is 22.6 Å². The van der Waals surface area contributed by atoms with E-state index >= 15 is 0 Å². The lowest BCUT2D eigenvalue weighted by molar-refractivity contribution is -0.742. The average molecular weight is 539 g/mol. The number of benzene rings is 2. The molecule has 1 aliphatic heterocycles. The molecule has 1 aliphatic rings. The van der Waals surface area contributed by atoms with Gasteiger partial charge in [0.2, 0.25) is 5.78 Å².